The van der Waals surface area contributed by atoms with Gasteiger partial charge in [0.1, 0.15) is 5.52 Å². The van der Waals surface area contributed by atoms with Crippen molar-refractivity contribution in [2.45, 2.75) is 72.9 Å². The second-order valence-electron chi connectivity index (χ2n) is 7.02. The highest BCUT2D eigenvalue weighted by atomic mass is 35.5. The van der Waals surface area contributed by atoms with Crippen LogP contribution in [-0.2, 0) is 6.54 Å². The molecular formula is C25H33ClF2N4. The van der Waals surface area contributed by atoms with Crippen LogP contribution in [0.4, 0.5) is 14.6 Å². The SMILES string of the molecule is CC.CC.Cc1c(C2CC=CCC2)n(C(F)F)c2c(NCc3ccccc3)nc(Cl)nc12. The predicted molar refractivity (Wildman–Crippen MR) is 131 cm³/mol. The van der Waals surface area contributed by atoms with Gasteiger partial charge in [-0.1, -0.05) is 70.2 Å². The largest absolute Gasteiger partial charge is 0.364 e. The average Bonchev–Trinajstić information content (AvgIpc) is 3.14. The molecule has 0 bridgehead atoms. The third-order valence-corrected chi connectivity index (χ3v) is 5.42. The Morgan fingerprint density at radius 2 is 1.78 bits per heavy atom. The fraction of sp³-hybridized carbons (Fsp3) is 0.440. The molecule has 0 amide bonds. The van der Waals surface area contributed by atoms with Crippen molar-refractivity contribution in [3.8, 4) is 0 Å². The molecule has 32 heavy (non-hydrogen) atoms. The lowest BCUT2D eigenvalue weighted by Gasteiger charge is -2.21. The summed E-state index contributed by atoms with van der Waals surface area (Å²) in [6.45, 7) is 7.62. The lowest BCUT2D eigenvalue weighted by molar-refractivity contribution is 0.0708. The zero-order valence-corrected chi connectivity index (χ0v) is 20.3. The minimum Gasteiger partial charge on any atom is -0.364 e. The summed E-state index contributed by atoms with van der Waals surface area (Å²) < 4.78 is 29.5. The van der Waals surface area contributed by atoms with Crippen LogP contribution in [0.1, 0.15) is 76.2 Å². The van der Waals surface area contributed by atoms with Crippen molar-refractivity contribution < 1.29 is 8.78 Å². The summed E-state index contributed by atoms with van der Waals surface area (Å²) >= 11 is 6.13. The van der Waals surface area contributed by atoms with E-state index in [2.05, 4.69) is 27.4 Å². The van der Waals surface area contributed by atoms with Crippen LogP contribution in [0.15, 0.2) is 42.5 Å². The molecule has 1 aliphatic rings. The first-order valence-corrected chi connectivity index (χ1v) is 11.7. The Morgan fingerprint density at radius 1 is 1.09 bits per heavy atom. The van der Waals surface area contributed by atoms with E-state index in [1.807, 2.05) is 65.0 Å². The second-order valence-corrected chi connectivity index (χ2v) is 7.35. The highest BCUT2D eigenvalue weighted by molar-refractivity contribution is 6.28. The van der Waals surface area contributed by atoms with Gasteiger partial charge in [-0.3, -0.25) is 4.57 Å². The van der Waals surface area contributed by atoms with Crippen LogP contribution in [0.25, 0.3) is 11.0 Å². The first-order chi connectivity index (χ1) is 15.6. The number of halogens is 3. The molecule has 2 aromatic heterocycles. The minimum absolute atomic E-state index is 0.0361. The molecule has 174 valence electrons. The van der Waals surface area contributed by atoms with Crippen molar-refractivity contribution in [3.05, 3.63) is 64.6 Å². The van der Waals surface area contributed by atoms with Crippen molar-refractivity contribution in [3.63, 3.8) is 0 Å². The summed E-state index contributed by atoms with van der Waals surface area (Å²) in [4.78, 5) is 8.53. The molecule has 0 radical (unpaired) electrons. The molecule has 4 rings (SSSR count). The molecule has 1 unspecified atom stereocenters. The van der Waals surface area contributed by atoms with E-state index in [1.54, 1.807) is 0 Å². The second kappa shape index (κ2) is 12.5. The van der Waals surface area contributed by atoms with E-state index >= 15 is 0 Å². The number of rotatable bonds is 5. The number of nitrogens with zero attached hydrogens (tertiary/aromatic N) is 3. The molecule has 0 saturated heterocycles. The van der Waals surface area contributed by atoms with Gasteiger partial charge in [-0.15, -0.1) is 0 Å². The standard InChI is InChI=1S/C21H21ClF2N4.2C2H6/c1-13-16-18(28(21(23)24)17(13)15-10-6-3-7-11-15)19(27-20(22)26-16)25-12-14-8-4-2-5-9-14;2*1-2/h2-6,8-9,15,21H,7,10-12H2,1H3,(H,25,26,27);2*1-2H3. The Morgan fingerprint density at radius 3 is 2.38 bits per heavy atom. The first kappa shape index (κ1) is 25.8. The Bertz CT molecular complexity index is 1020. The van der Waals surface area contributed by atoms with Crippen molar-refractivity contribution >= 4 is 28.5 Å². The molecule has 3 aromatic rings. The number of hydrogen-bond acceptors (Lipinski definition) is 3. The molecule has 0 saturated carbocycles. The van der Waals surface area contributed by atoms with Crippen LogP contribution in [0.2, 0.25) is 5.28 Å². The third kappa shape index (κ3) is 5.66. The molecule has 7 heteroatoms. The van der Waals surface area contributed by atoms with Gasteiger partial charge in [-0.05, 0) is 48.9 Å². The number of hydrogen-bond donors (Lipinski definition) is 1. The van der Waals surface area contributed by atoms with E-state index in [4.69, 9.17) is 11.6 Å². The number of anilines is 1. The van der Waals surface area contributed by atoms with E-state index < -0.39 is 6.55 Å². The lowest BCUT2D eigenvalue weighted by Crippen LogP contribution is -2.12. The molecule has 1 atom stereocenters. The number of aryl methyl sites for hydroxylation is 1. The fourth-order valence-electron chi connectivity index (χ4n) is 3.99. The molecule has 0 fully saturated rings. The molecular weight excluding hydrogens is 430 g/mol. The molecule has 2 heterocycles. The van der Waals surface area contributed by atoms with Crippen molar-refractivity contribution in [2.24, 2.45) is 0 Å². The van der Waals surface area contributed by atoms with Gasteiger partial charge in [0.2, 0.25) is 5.28 Å². The van der Waals surface area contributed by atoms with E-state index in [9.17, 15) is 8.78 Å². The fourth-order valence-corrected chi connectivity index (χ4v) is 4.16. The molecule has 0 aliphatic heterocycles. The van der Waals surface area contributed by atoms with Gasteiger partial charge in [-0.2, -0.15) is 13.8 Å². The lowest BCUT2D eigenvalue weighted by atomic mass is 9.89. The minimum atomic E-state index is -2.68. The quantitative estimate of drug-likeness (QED) is 0.306. The zero-order chi connectivity index (χ0) is 23.7. The van der Waals surface area contributed by atoms with E-state index in [1.165, 1.54) is 0 Å². The van der Waals surface area contributed by atoms with Crippen LogP contribution < -0.4 is 5.32 Å². The van der Waals surface area contributed by atoms with Crippen molar-refractivity contribution in [1.29, 1.82) is 0 Å². The third-order valence-electron chi connectivity index (χ3n) is 5.25. The van der Waals surface area contributed by atoms with E-state index in [-0.39, 0.29) is 11.2 Å². The van der Waals surface area contributed by atoms with Gasteiger partial charge >= 0.3 is 6.55 Å². The number of alkyl halides is 2. The highest BCUT2D eigenvalue weighted by Gasteiger charge is 2.29. The first-order valence-electron chi connectivity index (χ1n) is 11.3. The number of allylic oxidation sites excluding steroid dienone is 2. The van der Waals surface area contributed by atoms with Gasteiger partial charge in [-0.25, -0.2) is 4.98 Å². The van der Waals surface area contributed by atoms with Crippen molar-refractivity contribution in [1.82, 2.24) is 14.5 Å². The summed E-state index contributed by atoms with van der Waals surface area (Å²) in [6, 6.07) is 9.72. The van der Waals surface area contributed by atoms with Gasteiger partial charge < -0.3 is 5.32 Å². The number of fused-ring (bicyclic) bond motifs is 1. The van der Waals surface area contributed by atoms with E-state index in [0.717, 1.165) is 35.0 Å². The summed E-state index contributed by atoms with van der Waals surface area (Å²) in [5, 5.41) is 3.23. The molecule has 1 aliphatic carbocycles. The molecule has 1 aromatic carbocycles. The Labute approximate surface area is 194 Å². The Kier molecular flexibility index (Phi) is 10.1. The summed E-state index contributed by atoms with van der Waals surface area (Å²) in [5.41, 5.74) is 3.21. The van der Waals surface area contributed by atoms with Gasteiger partial charge in [0.15, 0.2) is 5.82 Å². The maximum Gasteiger partial charge on any atom is 0.319 e. The van der Waals surface area contributed by atoms with Crippen LogP contribution in [0, 0.1) is 6.92 Å². The predicted octanol–water partition coefficient (Wildman–Crippen LogP) is 8.28. The van der Waals surface area contributed by atoms with Gasteiger partial charge in [0.25, 0.3) is 0 Å². The van der Waals surface area contributed by atoms with Gasteiger partial charge in [0.05, 0.1) is 5.52 Å². The highest BCUT2D eigenvalue weighted by Crippen LogP contribution is 2.41. The smallest absolute Gasteiger partial charge is 0.319 e. The maximum atomic E-state index is 14.2. The molecule has 4 nitrogen and oxygen atoms in total. The maximum absolute atomic E-state index is 14.2. The number of benzene rings is 1. The van der Waals surface area contributed by atoms with Gasteiger partial charge in [0, 0.05) is 18.2 Å². The zero-order valence-electron chi connectivity index (χ0n) is 19.5. The number of nitrogens with one attached hydrogen (secondary N) is 1. The molecule has 1 N–H and O–H groups in total. The van der Waals surface area contributed by atoms with Crippen LogP contribution in [-0.4, -0.2) is 14.5 Å². The summed E-state index contributed by atoms with van der Waals surface area (Å²) in [6.07, 6.45) is 6.64. The van der Waals surface area contributed by atoms with Crippen LogP contribution in [0.5, 0.6) is 0 Å². The Hall–Kier alpha value is -2.47. The van der Waals surface area contributed by atoms with Crippen LogP contribution in [0.3, 0.4) is 0 Å². The monoisotopic (exact) mass is 462 g/mol. The summed E-state index contributed by atoms with van der Waals surface area (Å²) in [7, 11) is 0. The van der Waals surface area contributed by atoms with E-state index in [0.29, 0.717) is 29.1 Å². The average molecular weight is 463 g/mol. The van der Waals surface area contributed by atoms with Crippen molar-refractivity contribution in [2.75, 3.05) is 5.32 Å². The summed E-state index contributed by atoms with van der Waals surface area (Å²) in [5.74, 6) is 0.369. The van der Waals surface area contributed by atoms with Crippen LogP contribution >= 0.6 is 11.6 Å². The number of aromatic nitrogens is 3. The molecule has 0 spiro atoms. The topological polar surface area (TPSA) is 42.7 Å². The Balaban J connectivity index is 0.000000860. The normalized spacial score (nSPS) is 15.1.